The number of pyridine rings is 1. The van der Waals surface area contributed by atoms with Gasteiger partial charge in [0.2, 0.25) is 0 Å². The number of halogens is 2. The molecule has 0 aliphatic carbocycles. The van der Waals surface area contributed by atoms with Crippen molar-refractivity contribution >= 4 is 27.5 Å². The molecule has 2 aromatic heterocycles. The summed E-state index contributed by atoms with van der Waals surface area (Å²) in [6.45, 7) is 2.72. The number of nitrogens with zero attached hydrogens (tertiary/aromatic N) is 3. The molecule has 2 heterocycles. The van der Waals surface area contributed by atoms with Crippen molar-refractivity contribution in [2.75, 3.05) is 0 Å². The van der Waals surface area contributed by atoms with Crippen LogP contribution in [0.15, 0.2) is 29.0 Å². The molecular formula is C11H12BrClN4. The molecule has 0 saturated heterocycles. The van der Waals surface area contributed by atoms with Crippen molar-refractivity contribution in [2.45, 2.75) is 19.5 Å². The van der Waals surface area contributed by atoms with E-state index in [-0.39, 0.29) is 6.04 Å². The Kier molecular flexibility index (Phi) is 3.81. The monoisotopic (exact) mass is 314 g/mol. The molecule has 0 bridgehead atoms. The Morgan fingerprint density at radius 2 is 2.24 bits per heavy atom. The molecule has 0 radical (unpaired) electrons. The zero-order chi connectivity index (χ0) is 12.4. The highest BCUT2D eigenvalue weighted by molar-refractivity contribution is 9.10. The second-order valence-electron chi connectivity index (χ2n) is 3.57. The molecule has 0 saturated carbocycles. The molecule has 0 spiro atoms. The largest absolute Gasteiger partial charge is 0.318 e. The summed E-state index contributed by atoms with van der Waals surface area (Å²) in [6, 6.07) is 3.42. The van der Waals surface area contributed by atoms with Crippen LogP contribution in [0.5, 0.6) is 0 Å². The molecule has 0 aliphatic heterocycles. The Morgan fingerprint density at radius 3 is 2.82 bits per heavy atom. The Bertz CT molecular complexity index is 509. The first-order valence-corrected chi connectivity index (χ1v) is 6.38. The molecule has 0 fully saturated rings. The minimum atomic E-state index is -0.363. The summed E-state index contributed by atoms with van der Waals surface area (Å²) in [5, 5.41) is 4.74. The van der Waals surface area contributed by atoms with Crippen molar-refractivity contribution in [1.82, 2.24) is 14.8 Å². The number of aromatic nitrogens is 3. The van der Waals surface area contributed by atoms with Crippen molar-refractivity contribution in [2.24, 2.45) is 5.73 Å². The predicted octanol–water partition coefficient (Wildman–Crippen LogP) is 2.76. The van der Waals surface area contributed by atoms with Gasteiger partial charge in [-0.2, -0.15) is 5.10 Å². The van der Waals surface area contributed by atoms with Gasteiger partial charge in [0, 0.05) is 17.2 Å². The summed E-state index contributed by atoms with van der Waals surface area (Å²) < 4.78 is 2.71. The van der Waals surface area contributed by atoms with Gasteiger partial charge < -0.3 is 5.73 Å². The van der Waals surface area contributed by atoms with Crippen LogP contribution < -0.4 is 5.73 Å². The summed E-state index contributed by atoms with van der Waals surface area (Å²) in [4.78, 5) is 4.28. The van der Waals surface area contributed by atoms with E-state index in [0.29, 0.717) is 5.02 Å². The third kappa shape index (κ3) is 2.51. The molecule has 90 valence electrons. The molecule has 1 atom stereocenters. The summed E-state index contributed by atoms with van der Waals surface area (Å²) in [5.74, 6) is 0. The fourth-order valence-electron chi connectivity index (χ4n) is 1.64. The maximum atomic E-state index is 6.16. The van der Waals surface area contributed by atoms with Gasteiger partial charge in [-0.1, -0.05) is 11.6 Å². The quantitative estimate of drug-likeness (QED) is 0.947. The van der Waals surface area contributed by atoms with Crippen LogP contribution in [0.2, 0.25) is 5.02 Å². The van der Waals surface area contributed by atoms with Crippen LogP contribution in [-0.2, 0) is 6.54 Å². The van der Waals surface area contributed by atoms with Gasteiger partial charge >= 0.3 is 0 Å². The molecular weight excluding hydrogens is 304 g/mol. The first-order valence-electron chi connectivity index (χ1n) is 5.21. The molecule has 1 unspecified atom stereocenters. The highest BCUT2D eigenvalue weighted by Gasteiger charge is 2.18. The zero-order valence-electron chi connectivity index (χ0n) is 9.27. The molecule has 4 nitrogen and oxygen atoms in total. The van der Waals surface area contributed by atoms with E-state index < -0.39 is 0 Å². The van der Waals surface area contributed by atoms with Gasteiger partial charge in [0.25, 0.3) is 0 Å². The minimum absolute atomic E-state index is 0.363. The van der Waals surface area contributed by atoms with Crippen LogP contribution in [0.1, 0.15) is 24.4 Å². The maximum Gasteiger partial charge on any atom is 0.0912 e. The van der Waals surface area contributed by atoms with Crippen molar-refractivity contribution < 1.29 is 0 Å². The van der Waals surface area contributed by atoms with Gasteiger partial charge in [0.1, 0.15) is 0 Å². The molecule has 6 heteroatoms. The third-order valence-corrected chi connectivity index (χ3v) is 3.26. The van der Waals surface area contributed by atoms with Crippen molar-refractivity contribution in [3.63, 3.8) is 0 Å². The molecule has 2 aromatic rings. The summed E-state index contributed by atoms with van der Waals surface area (Å²) >= 11 is 9.44. The number of hydrogen-bond acceptors (Lipinski definition) is 3. The average molecular weight is 316 g/mol. The van der Waals surface area contributed by atoms with Crippen LogP contribution in [0, 0.1) is 0 Å². The Balaban J connectivity index is 2.39. The van der Waals surface area contributed by atoms with Crippen molar-refractivity contribution in [1.29, 1.82) is 0 Å². The summed E-state index contributed by atoms with van der Waals surface area (Å²) in [5.41, 5.74) is 7.73. The Hall–Kier alpha value is -0.910. The van der Waals surface area contributed by atoms with Gasteiger partial charge in [-0.15, -0.1) is 0 Å². The van der Waals surface area contributed by atoms with Crippen LogP contribution in [0.25, 0.3) is 0 Å². The topological polar surface area (TPSA) is 56.7 Å². The molecule has 17 heavy (non-hydrogen) atoms. The first kappa shape index (κ1) is 12.5. The Labute approximate surface area is 113 Å². The van der Waals surface area contributed by atoms with Crippen molar-refractivity contribution in [3.8, 4) is 0 Å². The van der Waals surface area contributed by atoms with E-state index in [4.69, 9.17) is 17.3 Å². The average Bonchev–Trinajstić information content (AvgIpc) is 2.70. The smallest absolute Gasteiger partial charge is 0.0912 e. The lowest BCUT2D eigenvalue weighted by atomic mass is 10.1. The summed E-state index contributed by atoms with van der Waals surface area (Å²) in [7, 11) is 0. The molecule has 2 rings (SSSR count). The first-order chi connectivity index (χ1) is 8.13. The van der Waals surface area contributed by atoms with Gasteiger partial charge in [-0.05, 0) is 35.0 Å². The third-order valence-electron chi connectivity index (χ3n) is 2.50. The van der Waals surface area contributed by atoms with E-state index in [9.17, 15) is 0 Å². The fraction of sp³-hybridized carbons (Fsp3) is 0.273. The number of hydrogen-bond donors (Lipinski definition) is 1. The molecule has 0 amide bonds. The number of aryl methyl sites for hydroxylation is 1. The lowest BCUT2D eigenvalue weighted by molar-refractivity contribution is 0.596. The van der Waals surface area contributed by atoms with E-state index in [1.165, 1.54) is 0 Å². The van der Waals surface area contributed by atoms with E-state index in [1.54, 1.807) is 17.1 Å². The normalized spacial score (nSPS) is 12.7. The number of nitrogens with two attached hydrogens (primary N) is 1. The fourth-order valence-corrected chi connectivity index (χ4v) is 2.14. The molecule has 0 aliphatic rings. The standard InChI is InChI=1S/C11H12BrClN4/c1-2-17-11(8(13)6-16-17)10(14)9-4-3-7(12)5-15-9/h3-6,10H,2,14H2,1H3. The SMILES string of the molecule is CCn1ncc(Cl)c1C(N)c1ccc(Br)cn1. The van der Waals surface area contributed by atoms with Crippen LogP contribution in [0.4, 0.5) is 0 Å². The second-order valence-corrected chi connectivity index (χ2v) is 4.90. The van der Waals surface area contributed by atoms with Crippen molar-refractivity contribution in [3.05, 3.63) is 45.4 Å². The highest BCUT2D eigenvalue weighted by atomic mass is 79.9. The minimum Gasteiger partial charge on any atom is -0.318 e. The Morgan fingerprint density at radius 1 is 1.47 bits per heavy atom. The van der Waals surface area contributed by atoms with E-state index in [0.717, 1.165) is 22.4 Å². The lowest BCUT2D eigenvalue weighted by Crippen LogP contribution is -2.18. The van der Waals surface area contributed by atoms with Crippen LogP contribution in [-0.4, -0.2) is 14.8 Å². The zero-order valence-corrected chi connectivity index (χ0v) is 11.6. The van der Waals surface area contributed by atoms with Gasteiger partial charge in [0.15, 0.2) is 0 Å². The number of rotatable bonds is 3. The molecule has 0 aromatic carbocycles. The predicted molar refractivity (Wildman–Crippen MR) is 70.9 cm³/mol. The summed E-state index contributed by atoms with van der Waals surface area (Å²) in [6.07, 6.45) is 3.33. The van der Waals surface area contributed by atoms with Crippen LogP contribution in [0.3, 0.4) is 0 Å². The van der Waals surface area contributed by atoms with E-state index in [1.807, 2.05) is 19.1 Å². The van der Waals surface area contributed by atoms with E-state index >= 15 is 0 Å². The van der Waals surface area contributed by atoms with Gasteiger partial charge in [-0.25, -0.2) is 0 Å². The van der Waals surface area contributed by atoms with Crippen LogP contribution >= 0.6 is 27.5 Å². The lowest BCUT2D eigenvalue weighted by Gasteiger charge is -2.13. The van der Waals surface area contributed by atoms with E-state index in [2.05, 4.69) is 26.0 Å². The second kappa shape index (κ2) is 5.16. The van der Waals surface area contributed by atoms with Gasteiger partial charge in [-0.3, -0.25) is 9.67 Å². The highest BCUT2D eigenvalue weighted by Crippen LogP contribution is 2.25. The molecule has 2 N–H and O–H groups in total. The maximum absolute atomic E-state index is 6.16. The van der Waals surface area contributed by atoms with Gasteiger partial charge in [0.05, 0.1) is 28.6 Å².